The van der Waals surface area contributed by atoms with Gasteiger partial charge in [-0.15, -0.1) is 10.2 Å². The molecular formula is C35H39N3O6S2. The number of aliphatic hydroxyl groups is 1. The van der Waals surface area contributed by atoms with Crippen molar-refractivity contribution in [2.24, 2.45) is 0 Å². The standard InChI is InChI=1S/C35H39N3O6S2/c1-23-37-38-35(46-23)45-22-29-19-31(26-13-11-24(21-39)12-14-26)44-34(43-29)27-17-15-25(16-18-27)30-8-6-5-7-28(30)20-36-32(40)9-3-2-4-10-33(41)42/h5-8,11-18,29,31,34,39H,2-4,9-10,19-22H2,1H3,(H,36,40)(H,41,42)/t29-,31+,34+/m1/s1. The van der Waals surface area contributed by atoms with Crippen molar-refractivity contribution in [2.75, 3.05) is 5.75 Å². The number of aromatic nitrogens is 2. The van der Waals surface area contributed by atoms with Crippen LogP contribution in [0.15, 0.2) is 77.1 Å². The van der Waals surface area contributed by atoms with E-state index in [9.17, 15) is 14.7 Å². The van der Waals surface area contributed by atoms with Crippen LogP contribution in [0.5, 0.6) is 0 Å². The minimum absolute atomic E-state index is 0.00387. The third kappa shape index (κ3) is 9.70. The highest BCUT2D eigenvalue weighted by atomic mass is 32.2. The van der Waals surface area contributed by atoms with Gasteiger partial charge in [0, 0.05) is 37.1 Å². The van der Waals surface area contributed by atoms with Crippen LogP contribution >= 0.6 is 23.1 Å². The van der Waals surface area contributed by atoms with Crippen LogP contribution in [-0.4, -0.2) is 44.1 Å². The predicted molar refractivity (Wildman–Crippen MR) is 178 cm³/mol. The number of unbranched alkanes of at least 4 members (excludes halogenated alkanes) is 2. The molecule has 0 bridgehead atoms. The van der Waals surface area contributed by atoms with E-state index >= 15 is 0 Å². The zero-order chi connectivity index (χ0) is 32.3. The molecule has 3 N–H and O–H groups in total. The van der Waals surface area contributed by atoms with E-state index in [0.717, 1.165) is 54.9 Å². The van der Waals surface area contributed by atoms with Crippen molar-refractivity contribution in [2.45, 2.75) is 81.4 Å². The van der Waals surface area contributed by atoms with Crippen LogP contribution in [0.1, 0.15) is 78.2 Å². The second-order valence-electron chi connectivity index (χ2n) is 11.3. The third-order valence-electron chi connectivity index (χ3n) is 7.80. The van der Waals surface area contributed by atoms with Gasteiger partial charge in [0.25, 0.3) is 0 Å². The van der Waals surface area contributed by atoms with Crippen LogP contribution in [0.25, 0.3) is 11.1 Å². The highest BCUT2D eigenvalue weighted by Gasteiger charge is 2.32. The number of amides is 1. The summed E-state index contributed by atoms with van der Waals surface area (Å²) in [5.41, 5.74) is 5.87. The summed E-state index contributed by atoms with van der Waals surface area (Å²) in [7, 11) is 0. The van der Waals surface area contributed by atoms with Gasteiger partial charge in [-0.05, 0) is 47.6 Å². The summed E-state index contributed by atoms with van der Waals surface area (Å²) in [4.78, 5) is 23.1. The number of thioether (sulfide) groups is 1. The Kier molecular flexibility index (Phi) is 12.3. The number of carboxylic acid groups (broad SMARTS) is 1. The molecule has 3 atom stereocenters. The molecule has 1 aliphatic rings. The van der Waals surface area contributed by atoms with E-state index in [1.54, 1.807) is 23.1 Å². The summed E-state index contributed by atoms with van der Waals surface area (Å²) < 4.78 is 13.9. The van der Waals surface area contributed by atoms with Crippen molar-refractivity contribution < 1.29 is 29.3 Å². The van der Waals surface area contributed by atoms with Gasteiger partial charge < -0.3 is 25.0 Å². The lowest BCUT2D eigenvalue weighted by Gasteiger charge is -2.36. The van der Waals surface area contributed by atoms with E-state index in [2.05, 4.69) is 27.6 Å². The number of carbonyl (C=O) groups excluding carboxylic acids is 1. The van der Waals surface area contributed by atoms with Crippen LogP contribution in [0.4, 0.5) is 0 Å². The molecule has 5 rings (SSSR count). The number of ether oxygens (including phenoxy) is 2. The van der Waals surface area contributed by atoms with Crippen LogP contribution in [0.3, 0.4) is 0 Å². The lowest BCUT2D eigenvalue weighted by Crippen LogP contribution is -2.31. The Balaban J connectivity index is 1.25. The molecule has 3 aromatic carbocycles. The Bertz CT molecular complexity index is 1580. The van der Waals surface area contributed by atoms with Gasteiger partial charge in [-0.1, -0.05) is 102 Å². The monoisotopic (exact) mass is 661 g/mol. The zero-order valence-corrected chi connectivity index (χ0v) is 27.4. The molecule has 242 valence electrons. The molecule has 4 aromatic rings. The van der Waals surface area contributed by atoms with Crippen molar-refractivity contribution >= 4 is 35.0 Å². The van der Waals surface area contributed by atoms with Crippen molar-refractivity contribution in [1.29, 1.82) is 0 Å². The largest absolute Gasteiger partial charge is 0.481 e. The first-order valence-corrected chi connectivity index (χ1v) is 17.3. The fraction of sp³-hybridized carbons (Fsp3) is 0.371. The van der Waals surface area contributed by atoms with E-state index in [1.165, 1.54) is 0 Å². The Labute approximate surface area is 277 Å². The van der Waals surface area contributed by atoms with Gasteiger partial charge in [0.2, 0.25) is 5.91 Å². The summed E-state index contributed by atoms with van der Waals surface area (Å²) in [5, 5.41) is 30.6. The number of rotatable bonds is 15. The Hall–Kier alpha value is -3.61. The average Bonchev–Trinajstić information content (AvgIpc) is 3.51. The normalized spacial score (nSPS) is 17.9. The molecule has 0 spiro atoms. The zero-order valence-electron chi connectivity index (χ0n) is 25.8. The maximum atomic E-state index is 12.4. The summed E-state index contributed by atoms with van der Waals surface area (Å²) in [6.45, 7) is 2.35. The SMILES string of the molecule is Cc1nnc(SC[C@H]2C[C@@H](c3ccc(CO)cc3)O[C@@H](c3ccc(-c4ccccc4CNC(=O)CCCCCC(=O)O)cc3)O2)s1. The Morgan fingerprint density at radius 3 is 2.39 bits per heavy atom. The number of carboxylic acids is 1. The van der Waals surface area contributed by atoms with Crippen molar-refractivity contribution in [1.82, 2.24) is 15.5 Å². The lowest BCUT2D eigenvalue weighted by molar-refractivity contribution is -0.245. The molecule has 0 aliphatic carbocycles. The molecular weight excluding hydrogens is 623 g/mol. The van der Waals surface area contributed by atoms with E-state index < -0.39 is 12.3 Å². The highest BCUT2D eigenvalue weighted by molar-refractivity contribution is 8.01. The number of hydrogen-bond donors (Lipinski definition) is 3. The van der Waals surface area contributed by atoms with E-state index in [-0.39, 0.29) is 31.1 Å². The van der Waals surface area contributed by atoms with Gasteiger partial charge in [0.15, 0.2) is 10.6 Å². The number of benzene rings is 3. The van der Waals surface area contributed by atoms with Gasteiger partial charge in [-0.3, -0.25) is 9.59 Å². The number of aliphatic hydroxyl groups excluding tert-OH is 1. The Morgan fingerprint density at radius 2 is 1.67 bits per heavy atom. The molecule has 0 unspecified atom stereocenters. The summed E-state index contributed by atoms with van der Waals surface area (Å²) in [6, 6.07) is 24.0. The average molecular weight is 662 g/mol. The maximum Gasteiger partial charge on any atom is 0.303 e. The van der Waals surface area contributed by atoms with Gasteiger partial charge in [0.05, 0.1) is 18.8 Å². The minimum Gasteiger partial charge on any atom is -0.481 e. The van der Waals surface area contributed by atoms with E-state index in [1.807, 2.05) is 67.6 Å². The van der Waals surface area contributed by atoms with E-state index in [4.69, 9.17) is 14.6 Å². The summed E-state index contributed by atoms with van der Waals surface area (Å²) in [5.74, 6) is -0.123. The molecule has 46 heavy (non-hydrogen) atoms. The van der Waals surface area contributed by atoms with Gasteiger partial charge >= 0.3 is 5.97 Å². The molecule has 1 aliphatic heterocycles. The molecule has 2 heterocycles. The first-order valence-electron chi connectivity index (χ1n) is 15.5. The fourth-order valence-electron chi connectivity index (χ4n) is 5.32. The third-order valence-corrected chi connectivity index (χ3v) is 9.90. The molecule has 1 amide bonds. The molecule has 1 saturated heterocycles. The summed E-state index contributed by atoms with van der Waals surface area (Å²) in [6.07, 6.45) is 2.38. The molecule has 0 radical (unpaired) electrons. The minimum atomic E-state index is -0.805. The number of nitrogens with one attached hydrogen (secondary N) is 1. The van der Waals surface area contributed by atoms with Crippen LogP contribution in [0, 0.1) is 6.92 Å². The summed E-state index contributed by atoms with van der Waals surface area (Å²) >= 11 is 3.22. The number of hydrogen-bond acceptors (Lipinski definition) is 9. The number of carbonyl (C=O) groups is 2. The number of nitrogens with zero attached hydrogens (tertiary/aromatic N) is 2. The van der Waals surface area contributed by atoms with Crippen molar-refractivity contribution in [3.05, 3.63) is 100 Å². The van der Waals surface area contributed by atoms with Crippen LogP contribution < -0.4 is 5.32 Å². The lowest BCUT2D eigenvalue weighted by atomic mass is 9.97. The number of aryl methyl sites for hydroxylation is 1. The molecule has 11 heteroatoms. The molecule has 1 aromatic heterocycles. The van der Waals surface area contributed by atoms with Gasteiger partial charge in [-0.2, -0.15) is 0 Å². The second-order valence-corrected chi connectivity index (χ2v) is 13.7. The highest BCUT2D eigenvalue weighted by Crippen LogP contribution is 2.40. The Morgan fingerprint density at radius 1 is 0.935 bits per heavy atom. The fourth-order valence-corrected chi connectivity index (χ4v) is 7.18. The van der Waals surface area contributed by atoms with Crippen LogP contribution in [0.2, 0.25) is 0 Å². The van der Waals surface area contributed by atoms with Gasteiger partial charge in [0.1, 0.15) is 5.01 Å². The smallest absolute Gasteiger partial charge is 0.303 e. The predicted octanol–water partition coefficient (Wildman–Crippen LogP) is 6.99. The van der Waals surface area contributed by atoms with Crippen molar-refractivity contribution in [3.8, 4) is 11.1 Å². The second kappa shape index (κ2) is 16.8. The van der Waals surface area contributed by atoms with E-state index in [0.29, 0.717) is 32.2 Å². The topological polar surface area (TPSA) is 131 Å². The maximum absolute atomic E-state index is 12.4. The first-order chi connectivity index (χ1) is 22.4. The van der Waals surface area contributed by atoms with Gasteiger partial charge in [-0.25, -0.2) is 0 Å². The van der Waals surface area contributed by atoms with Crippen molar-refractivity contribution in [3.63, 3.8) is 0 Å². The molecule has 9 nitrogen and oxygen atoms in total. The first kappa shape index (κ1) is 33.7. The number of aliphatic carboxylic acids is 1. The molecule has 1 fully saturated rings. The molecule has 0 saturated carbocycles. The van der Waals surface area contributed by atoms with Crippen LogP contribution in [-0.2, 0) is 32.2 Å². The quantitative estimate of drug-likeness (QED) is 0.0911.